The van der Waals surface area contributed by atoms with Gasteiger partial charge in [-0.2, -0.15) is 0 Å². The number of ether oxygens (including phenoxy) is 2. The Hall–Kier alpha value is -3.84. The number of anilines is 1. The van der Waals surface area contributed by atoms with E-state index < -0.39 is 0 Å². The van der Waals surface area contributed by atoms with Crippen LogP contribution in [0.3, 0.4) is 0 Å². The highest BCUT2D eigenvalue weighted by atomic mass is 32.1. The molecule has 1 fully saturated rings. The highest BCUT2D eigenvalue weighted by Crippen LogP contribution is 2.41. The Morgan fingerprint density at radius 2 is 1.58 bits per heavy atom. The van der Waals surface area contributed by atoms with Crippen molar-refractivity contribution in [1.82, 2.24) is 14.9 Å². The van der Waals surface area contributed by atoms with Crippen molar-refractivity contribution in [2.75, 3.05) is 12.0 Å². The Bertz CT molecular complexity index is 1240. The van der Waals surface area contributed by atoms with Gasteiger partial charge < -0.3 is 24.3 Å². The van der Waals surface area contributed by atoms with Gasteiger partial charge in [0.25, 0.3) is 0 Å². The first kappa shape index (κ1) is 21.0. The summed E-state index contributed by atoms with van der Waals surface area (Å²) in [5.41, 5.74) is 3.09. The second-order valence-electron chi connectivity index (χ2n) is 7.81. The van der Waals surface area contributed by atoms with Crippen LogP contribution in [0.2, 0.25) is 0 Å². The Morgan fingerprint density at radius 3 is 2.18 bits per heavy atom. The lowest BCUT2D eigenvalue weighted by Gasteiger charge is -2.28. The summed E-state index contributed by atoms with van der Waals surface area (Å²) in [6.07, 6.45) is 3.87. The summed E-state index contributed by atoms with van der Waals surface area (Å²) < 4.78 is 13.3. The number of hydrogen-bond acceptors (Lipinski definition) is 4. The molecule has 2 aromatic heterocycles. The lowest BCUT2D eigenvalue weighted by molar-refractivity contribution is 0.413. The standard InChI is InChI=1S/C26H24N4O2S/c1-29-17-5-7-23(29)25-24(22-6-3-4-16-27-22)28-26(33)30(25)18-8-10-20(11-9-18)32-21-14-12-19(31-2)13-15-21/h3-17,24-25H,1-2H3,(H,28,33)/t24-,25+/m1/s1. The molecule has 7 heteroatoms. The number of benzene rings is 2. The number of hydrogen-bond donors (Lipinski definition) is 1. The van der Waals surface area contributed by atoms with E-state index in [9.17, 15) is 0 Å². The molecule has 0 spiro atoms. The topological polar surface area (TPSA) is 51.6 Å². The van der Waals surface area contributed by atoms with Crippen LogP contribution in [0, 0.1) is 0 Å². The van der Waals surface area contributed by atoms with Gasteiger partial charge in [0.1, 0.15) is 23.3 Å². The lowest BCUT2D eigenvalue weighted by atomic mass is 10.0. The molecule has 0 radical (unpaired) electrons. The SMILES string of the molecule is COc1ccc(Oc2ccc(N3C(=S)N[C@H](c4ccccn4)[C@@H]3c3cccn3C)cc2)cc1. The van der Waals surface area contributed by atoms with Gasteiger partial charge in [-0.25, -0.2) is 0 Å². The minimum Gasteiger partial charge on any atom is -0.497 e. The summed E-state index contributed by atoms with van der Waals surface area (Å²) in [5, 5.41) is 4.16. The summed E-state index contributed by atoms with van der Waals surface area (Å²) in [4.78, 5) is 6.75. The van der Waals surface area contributed by atoms with Crippen LogP contribution in [0.1, 0.15) is 23.5 Å². The third-order valence-electron chi connectivity index (χ3n) is 5.80. The smallest absolute Gasteiger partial charge is 0.174 e. The molecule has 2 atom stereocenters. The van der Waals surface area contributed by atoms with Gasteiger partial charge in [-0.3, -0.25) is 4.98 Å². The van der Waals surface area contributed by atoms with E-state index in [2.05, 4.69) is 45.1 Å². The number of nitrogens with one attached hydrogen (secondary N) is 1. The number of rotatable bonds is 6. The average Bonchev–Trinajstić information content (AvgIpc) is 3.43. The van der Waals surface area contributed by atoms with E-state index >= 15 is 0 Å². The predicted molar refractivity (Wildman–Crippen MR) is 133 cm³/mol. The quantitative estimate of drug-likeness (QED) is 0.392. The number of nitrogens with zero attached hydrogens (tertiary/aromatic N) is 3. The van der Waals surface area contributed by atoms with Crippen LogP contribution < -0.4 is 19.7 Å². The summed E-state index contributed by atoms with van der Waals surface area (Å²) in [5.74, 6) is 2.29. The number of aromatic nitrogens is 2. The molecule has 5 rings (SSSR count). The molecule has 2 aromatic carbocycles. The molecule has 1 aliphatic heterocycles. The molecule has 0 aliphatic carbocycles. The molecule has 4 aromatic rings. The van der Waals surface area contributed by atoms with E-state index in [4.69, 9.17) is 21.7 Å². The van der Waals surface area contributed by atoms with E-state index in [-0.39, 0.29) is 12.1 Å². The van der Waals surface area contributed by atoms with Crippen LogP contribution in [0.25, 0.3) is 0 Å². The summed E-state index contributed by atoms with van der Waals surface area (Å²) in [6, 6.07) is 25.5. The summed E-state index contributed by atoms with van der Waals surface area (Å²) in [7, 11) is 3.70. The Labute approximate surface area is 198 Å². The average molecular weight is 457 g/mol. The fraction of sp³-hybridized carbons (Fsp3) is 0.154. The molecule has 0 saturated carbocycles. The van der Waals surface area contributed by atoms with Gasteiger partial charge in [0.05, 0.1) is 18.8 Å². The third kappa shape index (κ3) is 4.15. The number of pyridine rings is 1. The van der Waals surface area contributed by atoms with Crippen LogP contribution in [-0.4, -0.2) is 21.8 Å². The molecular weight excluding hydrogens is 432 g/mol. The van der Waals surface area contributed by atoms with Gasteiger partial charge in [-0.15, -0.1) is 0 Å². The minimum absolute atomic E-state index is 0.0410. The van der Waals surface area contributed by atoms with Crippen LogP contribution in [0.5, 0.6) is 17.2 Å². The van der Waals surface area contributed by atoms with Crippen LogP contribution in [0.15, 0.2) is 91.3 Å². The largest absolute Gasteiger partial charge is 0.497 e. The number of aryl methyl sites for hydroxylation is 1. The van der Waals surface area contributed by atoms with Crippen LogP contribution in [0.4, 0.5) is 5.69 Å². The molecule has 0 unspecified atom stereocenters. The molecular formula is C26H24N4O2S. The zero-order valence-electron chi connectivity index (χ0n) is 18.4. The van der Waals surface area contributed by atoms with Crippen LogP contribution >= 0.6 is 12.2 Å². The highest BCUT2D eigenvalue weighted by molar-refractivity contribution is 7.80. The van der Waals surface area contributed by atoms with Gasteiger partial charge in [0.15, 0.2) is 5.11 Å². The molecule has 6 nitrogen and oxygen atoms in total. The molecule has 0 amide bonds. The van der Waals surface area contributed by atoms with Gasteiger partial charge in [0, 0.05) is 30.8 Å². The van der Waals surface area contributed by atoms with Crippen molar-refractivity contribution in [3.8, 4) is 17.2 Å². The van der Waals surface area contributed by atoms with Crippen molar-refractivity contribution >= 4 is 23.0 Å². The number of methoxy groups -OCH3 is 1. The third-order valence-corrected chi connectivity index (χ3v) is 6.11. The highest BCUT2D eigenvalue weighted by Gasteiger charge is 2.41. The first-order valence-electron chi connectivity index (χ1n) is 10.7. The first-order chi connectivity index (χ1) is 16.1. The first-order valence-corrected chi connectivity index (χ1v) is 11.1. The van der Waals surface area contributed by atoms with E-state index in [1.54, 1.807) is 7.11 Å². The zero-order valence-corrected chi connectivity index (χ0v) is 19.2. The van der Waals surface area contributed by atoms with Gasteiger partial charge in [-0.05, 0) is 85.0 Å². The molecule has 0 bridgehead atoms. The Kier molecular flexibility index (Phi) is 5.71. The van der Waals surface area contributed by atoms with E-state index in [1.165, 1.54) is 0 Å². The molecule has 1 aliphatic rings. The maximum Gasteiger partial charge on any atom is 0.174 e. The molecule has 1 saturated heterocycles. The van der Waals surface area contributed by atoms with Crippen LogP contribution in [-0.2, 0) is 7.05 Å². The van der Waals surface area contributed by atoms with Crippen molar-refractivity contribution < 1.29 is 9.47 Å². The molecule has 33 heavy (non-hydrogen) atoms. The fourth-order valence-electron chi connectivity index (χ4n) is 4.17. The number of thiocarbonyl (C=S) groups is 1. The molecule has 166 valence electrons. The summed E-state index contributed by atoms with van der Waals surface area (Å²) >= 11 is 5.79. The summed E-state index contributed by atoms with van der Waals surface area (Å²) in [6.45, 7) is 0. The Balaban J connectivity index is 1.45. The van der Waals surface area contributed by atoms with E-state index in [0.717, 1.165) is 34.3 Å². The van der Waals surface area contributed by atoms with Crippen molar-refractivity contribution in [3.05, 3.63) is 103 Å². The van der Waals surface area contributed by atoms with Crippen molar-refractivity contribution in [2.24, 2.45) is 7.05 Å². The van der Waals surface area contributed by atoms with Gasteiger partial charge >= 0.3 is 0 Å². The second-order valence-corrected chi connectivity index (χ2v) is 8.20. The van der Waals surface area contributed by atoms with E-state index in [1.807, 2.05) is 72.9 Å². The Morgan fingerprint density at radius 1 is 0.879 bits per heavy atom. The monoisotopic (exact) mass is 456 g/mol. The molecule has 1 N–H and O–H groups in total. The second kappa shape index (κ2) is 8.96. The predicted octanol–water partition coefficient (Wildman–Crippen LogP) is 5.40. The van der Waals surface area contributed by atoms with Gasteiger partial charge in [0.2, 0.25) is 0 Å². The lowest BCUT2D eigenvalue weighted by Crippen LogP contribution is -2.30. The molecule has 3 heterocycles. The van der Waals surface area contributed by atoms with Gasteiger partial charge in [-0.1, -0.05) is 6.07 Å². The minimum atomic E-state index is -0.0671. The zero-order chi connectivity index (χ0) is 22.8. The van der Waals surface area contributed by atoms with E-state index in [0.29, 0.717) is 5.11 Å². The normalized spacial score (nSPS) is 17.6. The van der Waals surface area contributed by atoms with Crippen molar-refractivity contribution in [2.45, 2.75) is 12.1 Å². The maximum atomic E-state index is 5.99. The fourth-order valence-corrected chi connectivity index (χ4v) is 4.52. The van der Waals surface area contributed by atoms with Crippen molar-refractivity contribution in [3.63, 3.8) is 0 Å². The van der Waals surface area contributed by atoms with Crippen molar-refractivity contribution in [1.29, 1.82) is 0 Å². The maximum absolute atomic E-state index is 5.99.